The molecule has 0 radical (unpaired) electrons. The Balaban J connectivity index is 1.27. The summed E-state index contributed by atoms with van der Waals surface area (Å²) < 4.78 is 0. The van der Waals surface area contributed by atoms with Gasteiger partial charge in [0.1, 0.15) is 6.04 Å². The minimum atomic E-state index is -0.405. The van der Waals surface area contributed by atoms with E-state index in [4.69, 9.17) is 0 Å². The van der Waals surface area contributed by atoms with E-state index in [1.807, 2.05) is 18.5 Å². The number of piperidine rings is 2. The molecule has 172 valence electrons. The first-order valence-electron chi connectivity index (χ1n) is 11.9. The Morgan fingerprint density at radius 2 is 1.79 bits per heavy atom. The highest BCUT2D eigenvalue weighted by Crippen LogP contribution is 2.37. The molecule has 1 unspecified atom stereocenters. The van der Waals surface area contributed by atoms with Gasteiger partial charge in [0.2, 0.25) is 5.91 Å². The topological polar surface area (TPSA) is 65.5 Å². The van der Waals surface area contributed by atoms with Gasteiger partial charge in [-0.05, 0) is 93.4 Å². The van der Waals surface area contributed by atoms with E-state index >= 15 is 0 Å². The Morgan fingerprint density at radius 1 is 1.06 bits per heavy atom. The van der Waals surface area contributed by atoms with Crippen LogP contribution in [0, 0.1) is 0 Å². The lowest BCUT2D eigenvalue weighted by atomic mass is 9.84. The number of hydrogen-bond donors (Lipinski definition) is 1. The van der Waals surface area contributed by atoms with Crippen LogP contribution in [0.15, 0.2) is 55.0 Å². The molecule has 5 rings (SSSR count). The summed E-state index contributed by atoms with van der Waals surface area (Å²) in [6, 6.07) is 10.1. The lowest BCUT2D eigenvalue weighted by molar-refractivity contribution is -0.126. The standard InChI is InChI=1S/C27H32N4O2/c1-18-4-7-24(25(32)29-18)31-17-21-16-20(5-6-23(21)26(31)33)19-10-14-30(15-11-19)27(2,3)22-8-12-28-13-9-22/h5-6,8-9,12-13,16,19,24H,1,4,7,10-11,14-15,17H2,2-3H3,(H,29,32). The van der Waals surface area contributed by atoms with E-state index in [1.54, 1.807) is 4.90 Å². The second kappa shape index (κ2) is 8.41. The molecular formula is C27H32N4O2. The fourth-order valence-electron chi connectivity index (χ4n) is 5.64. The summed E-state index contributed by atoms with van der Waals surface area (Å²) in [6.45, 7) is 11.0. The first-order valence-corrected chi connectivity index (χ1v) is 11.9. The number of allylic oxidation sites excluding steroid dienone is 1. The molecule has 6 nitrogen and oxygen atoms in total. The van der Waals surface area contributed by atoms with Crippen LogP contribution in [0.3, 0.4) is 0 Å². The van der Waals surface area contributed by atoms with E-state index in [0.29, 0.717) is 18.9 Å². The molecule has 2 amide bonds. The third-order valence-corrected chi connectivity index (χ3v) is 7.80. The average molecular weight is 445 g/mol. The normalized spacial score (nSPS) is 22.4. The maximum absolute atomic E-state index is 13.0. The second-order valence-electron chi connectivity index (χ2n) is 10.1. The van der Waals surface area contributed by atoms with Crippen LogP contribution in [0.25, 0.3) is 0 Å². The molecule has 2 aromatic rings. The van der Waals surface area contributed by atoms with Crippen LogP contribution in [0.1, 0.15) is 72.5 Å². The number of hydrogen-bond acceptors (Lipinski definition) is 4. The van der Waals surface area contributed by atoms with Gasteiger partial charge in [-0.15, -0.1) is 0 Å². The number of carbonyl (C=O) groups is 2. The Kier molecular flexibility index (Phi) is 5.57. The van der Waals surface area contributed by atoms with Gasteiger partial charge in [0.05, 0.1) is 0 Å². The van der Waals surface area contributed by atoms with Gasteiger partial charge in [-0.25, -0.2) is 0 Å². The van der Waals surface area contributed by atoms with Gasteiger partial charge in [-0.1, -0.05) is 18.7 Å². The Hall–Kier alpha value is -2.99. The molecule has 1 aromatic heterocycles. The van der Waals surface area contributed by atoms with Crippen molar-refractivity contribution in [1.82, 2.24) is 20.1 Å². The Bertz CT molecular complexity index is 1090. The van der Waals surface area contributed by atoms with E-state index in [-0.39, 0.29) is 17.4 Å². The molecule has 4 heterocycles. The number of fused-ring (bicyclic) bond motifs is 1. The van der Waals surface area contributed by atoms with Crippen LogP contribution in [0.4, 0.5) is 0 Å². The number of rotatable bonds is 4. The summed E-state index contributed by atoms with van der Waals surface area (Å²) in [5.74, 6) is 0.347. The predicted octanol–water partition coefficient (Wildman–Crippen LogP) is 3.94. The van der Waals surface area contributed by atoms with E-state index in [0.717, 1.165) is 49.2 Å². The molecule has 1 N–H and O–H groups in total. The van der Waals surface area contributed by atoms with E-state index in [9.17, 15) is 9.59 Å². The molecule has 33 heavy (non-hydrogen) atoms. The Labute approximate surface area is 195 Å². The van der Waals surface area contributed by atoms with Crippen molar-refractivity contribution in [2.45, 2.75) is 63.6 Å². The van der Waals surface area contributed by atoms with E-state index in [1.165, 1.54) is 11.1 Å². The minimum Gasteiger partial charge on any atom is -0.329 e. The maximum atomic E-state index is 13.0. The average Bonchev–Trinajstić information content (AvgIpc) is 3.15. The van der Waals surface area contributed by atoms with E-state index < -0.39 is 6.04 Å². The molecule has 3 aliphatic rings. The number of benzene rings is 1. The zero-order valence-electron chi connectivity index (χ0n) is 19.5. The van der Waals surface area contributed by atoms with Crippen molar-refractivity contribution in [3.63, 3.8) is 0 Å². The number of pyridine rings is 1. The van der Waals surface area contributed by atoms with Gasteiger partial charge in [-0.2, -0.15) is 0 Å². The highest BCUT2D eigenvalue weighted by Gasteiger charge is 2.39. The van der Waals surface area contributed by atoms with Crippen molar-refractivity contribution in [3.8, 4) is 0 Å². The summed E-state index contributed by atoms with van der Waals surface area (Å²) >= 11 is 0. The molecule has 1 aromatic carbocycles. The molecule has 0 spiro atoms. The zero-order valence-corrected chi connectivity index (χ0v) is 19.5. The largest absolute Gasteiger partial charge is 0.329 e. The second-order valence-corrected chi connectivity index (χ2v) is 10.1. The van der Waals surface area contributed by atoms with Gasteiger partial charge in [0, 0.05) is 35.7 Å². The SMILES string of the molecule is C=C1CCC(N2Cc3cc(C4CCN(C(C)(C)c5ccncc5)CC4)ccc3C2=O)C(=O)N1. The van der Waals surface area contributed by atoms with Crippen LogP contribution in [0.2, 0.25) is 0 Å². The Morgan fingerprint density at radius 3 is 2.48 bits per heavy atom. The lowest BCUT2D eigenvalue weighted by Gasteiger charge is -2.43. The van der Waals surface area contributed by atoms with Crippen molar-refractivity contribution in [2.75, 3.05) is 13.1 Å². The van der Waals surface area contributed by atoms with Crippen LogP contribution >= 0.6 is 0 Å². The maximum Gasteiger partial charge on any atom is 0.255 e. The molecule has 2 saturated heterocycles. The molecular weight excluding hydrogens is 412 g/mol. The van der Waals surface area contributed by atoms with Gasteiger partial charge in [0.15, 0.2) is 0 Å². The molecule has 0 aliphatic carbocycles. The highest BCUT2D eigenvalue weighted by molar-refractivity contribution is 6.01. The molecule has 6 heteroatoms. The first-order chi connectivity index (χ1) is 15.8. The van der Waals surface area contributed by atoms with Gasteiger partial charge in [0.25, 0.3) is 5.91 Å². The van der Waals surface area contributed by atoms with Crippen LogP contribution in [-0.4, -0.2) is 45.7 Å². The fraction of sp³-hybridized carbons (Fsp3) is 0.444. The third kappa shape index (κ3) is 3.97. The number of amides is 2. The number of likely N-dealkylation sites (tertiary alicyclic amines) is 1. The van der Waals surface area contributed by atoms with Crippen molar-refractivity contribution in [3.05, 3.63) is 77.3 Å². The van der Waals surface area contributed by atoms with Gasteiger partial charge < -0.3 is 10.2 Å². The summed E-state index contributed by atoms with van der Waals surface area (Å²) in [7, 11) is 0. The predicted molar refractivity (Wildman–Crippen MR) is 127 cm³/mol. The van der Waals surface area contributed by atoms with Gasteiger partial charge >= 0.3 is 0 Å². The lowest BCUT2D eigenvalue weighted by Crippen LogP contribution is -2.49. The number of carbonyl (C=O) groups excluding carboxylic acids is 2. The fourth-order valence-corrected chi connectivity index (χ4v) is 5.64. The molecule has 2 fully saturated rings. The van der Waals surface area contributed by atoms with Gasteiger partial charge in [-0.3, -0.25) is 19.5 Å². The molecule has 0 bridgehead atoms. The summed E-state index contributed by atoms with van der Waals surface area (Å²) in [5, 5.41) is 2.81. The number of nitrogens with one attached hydrogen (secondary N) is 1. The van der Waals surface area contributed by atoms with Crippen molar-refractivity contribution in [1.29, 1.82) is 0 Å². The quantitative estimate of drug-likeness (QED) is 0.776. The van der Waals surface area contributed by atoms with E-state index in [2.05, 4.69) is 59.9 Å². The van der Waals surface area contributed by atoms with Crippen molar-refractivity contribution >= 4 is 11.8 Å². The smallest absolute Gasteiger partial charge is 0.255 e. The minimum absolute atomic E-state index is 0.0232. The summed E-state index contributed by atoms with van der Waals surface area (Å²) in [4.78, 5) is 33.9. The number of nitrogens with zero attached hydrogens (tertiary/aromatic N) is 3. The van der Waals surface area contributed by atoms with Crippen molar-refractivity contribution in [2.24, 2.45) is 0 Å². The summed E-state index contributed by atoms with van der Waals surface area (Å²) in [6.07, 6.45) is 7.29. The summed E-state index contributed by atoms with van der Waals surface area (Å²) in [5.41, 5.74) is 5.11. The van der Waals surface area contributed by atoms with Crippen molar-refractivity contribution < 1.29 is 9.59 Å². The highest BCUT2D eigenvalue weighted by atomic mass is 16.2. The number of aromatic nitrogens is 1. The molecule has 3 aliphatic heterocycles. The zero-order chi connectivity index (χ0) is 23.2. The van der Waals surface area contributed by atoms with Crippen LogP contribution in [-0.2, 0) is 16.9 Å². The monoisotopic (exact) mass is 444 g/mol. The van der Waals surface area contributed by atoms with Crippen LogP contribution < -0.4 is 5.32 Å². The van der Waals surface area contributed by atoms with Crippen LogP contribution in [0.5, 0.6) is 0 Å². The first kappa shape index (κ1) is 21.8. The molecule has 0 saturated carbocycles. The molecule has 1 atom stereocenters. The third-order valence-electron chi connectivity index (χ3n) is 7.80.